The first-order valence-electron chi connectivity index (χ1n) is 7.25. The molecule has 0 atom stereocenters. The highest BCUT2D eigenvalue weighted by Crippen LogP contribution is 2.20. The predicted octanol–water partition coefficient (Wildman–Crippen LogP) is 0.300. The number of nitrogens with one attached hydrogen (secondary N) is 2. The van der Waals surface area contributed by atoms with Crippen LogP contribution in [-0.4, -0.2) is 77.3 Å². The molecule has 2 rings (SSSR count). The van der Waals surface area contributed by atoms with E-state index in [1.165, 1.54) is 28.3 Å². The third kappa shape index (κ3) is 5.16. The minimum atomic E-state index is -3.57. The van der Waals surface area contributed by atoms with E-state index in [1.807, 2.05) is 0 Å². The maximum atomic E-state index is 12.5. The van der Waals surface area contributed by atoms with E-state index in [-0.39, 0.29) is 16.3 Å². The fourth-order valence-electron chi connectivity index (χ4n) is 2.08. The number of sulfonamides is 1. The molecule has 134 valence electrons. The summed E-state index contributed by atoms with van der Waals surface area (Å²) in [6.07, 6.45) is 1.32. The number of hydrogen-bond acceptors (Lipinski definition) is 6. The Morgan fingerprint density at radius 1 is 1.38 bits per heavy atom. The summed E-state index contributed by atoms with van der Waals surface area (Å²) in [5.74, 6) is 0.670. The van der Waals surface area contributed by atoms with Gasteiger partial charge in [-0.25, -0.2) is 8.42 Å². The van der Waals surface area contributed by atoms with Crippen molar-refractivity contribution >= 4 is 45.4 Å². The molecule has 1 aromatic rings. The number of carbonyl (C=O) groups excluding carboxylic acids is 1. The SMILES string of the molecule is O=C(O)CSCCNC(=O)c1cc(S(=O)(=O)N2CCSCC2)c[nH]1. The van der Waals surface area contributed by atoms with Gasteiger partial charge in [-0.1, -0.05) is 0 Å². The molecule has 0 unspecified atom stereocenters. The topological polar surface area (TPSA) is 120 Å². The summed E-state index contributed by atoms with van der Waals surface area (Å²) >= 11 is 2.92. The summed E-state index contributed by atoms with van der Waals surface area (Å²) in [6.45, 7) is 1.25. The number of hydrogen-bond donors (Lipinski definition) is 3. The van der Waals surface area contributed by atoms with Crippen LogP contribution in [0.5, 0.6) is 0 Å². The van der Waals surface area contributed by atoms with E-state index in [4.69, 9.17) is 5.11 Å². The van der Waals surface area contributed by atoms with Crippen molar-refractivity contribution in [3.05, 3.63) is 18.0 Å². The molecule has 0 spiro atoms. The fraction of sp³-hybridized carbons (Fsp3) is 0.538. The van der Waals surface area contributed by atoms with Gasteiger partial charge in [0.15, 0.2) is 0 Å². The van der Waals surface area contributed by atoms with Crippen molar-refractivity contribution in [2.45, 2.75) is 4.90 Å². The normalized spacial score (nSPS) is 16.0. The van der Waals surface area contributed by atoms with E-state index < -0.39 is 21.9 Å². The molecule has 11 heteroatoms. The lowest BCUT2D eigenvalue weighted by molar-refractivity contribution is -0.133. The second kappa shape index (κ2) is 8.79. The Kier molecular flexibility index (Phi) is 7.02. The van der Waals surface area contributed by atoms with Gasteiger partial charge in [0.25, 0.3) is 5.91 Å². The summed E-state index contributed by atoms with van der Waals surface area (Å²) in [5.41, 5.74) is 0.170. The van der Waals surface area contributed by atoms with Crippen molar-refractivity contribution in [3.63, 3.8) is 0 Å². The number of rotatable bonds is 8. The Morgan fingerprint density at radius 2 is 2.08 bits per heavy atom. The van der Waals surface area contributed by atoms with E-state index in [2.05, 4.69) is 10.3 Å². The minimum Gasteiger partial charge on any atom is -0.481 e. The zero-order valence-electron chi connectivity index (χ0n) is 12.9. The molecule has 0 aliphatic carbocycles. The van der Waals surface area contributed by atoms with E-state index in [0.29, 0.717) is 25.4 Å². The molecule has 2 heterocycles. The van der Waals surface area contributed by atoms with Crippen LogP contribution >= 0.6 is 23.5 Å². The lowest BCUT2D eigenvalue weighted by Crippen LogP contribution is -2.37. The van der Waals surface area contributed by atoms with Crippen LogP contribution in [0.4, 0.5) is 0 Å². The maximum Gasteiger partial charge on any atom is 0.313 e. The monoisotopic (exact) mass is 393 g/mol. The standard InChI is InChI=1S/C13H19N3O5S3/c17-12(18)9-23-4-1-14-13(19)11-7-10(8-15-11)24(20,21)16-2-5-22-6-3-16/h7-8,15H,1-6,9H2,(H,14,19)(H,17,18). The highest BCUT2D eigenvalue weighted by atomic mass is 32.2. The zero-order valence-corrected chi connectivity index (χ0v) is 15.3. The Balaban J connectivity index is 1.89. The van der Waals surface area contributed by atoms with Crippen molar-refractivity contribution in [2.24, 2.45) is 0 Å². The lowest BCUT2D eigenvalue weighted by atomic mass is 10.4. The third-order valence-electron chi connectivity index (χ3n) is 3.27. The van der Waals surface area contributed by atoms with E-state index in [0.717, 1.165) is 11.5 Å². The van der Waals surface area contributed by atoms with Crippen LogP contribution in [0.15, 0.2) is 17.2 Å². The summed E-state index contributed by atoms with van der Waals surface area (Å²) in [4.78, 5) is 25.1. The van der Waals surface area contributed by atoms with Crippen molar-refractivity contribution in [1.29, 1.82) is 0 Å². The van der Waals surface area contributed by atoms with Crippen molar-refractivity contribution in [2.75, 3.05) is 42.6 Å². The van der Waals surface area contributed by atoms with Gasteiger partial charge in [-0.05, 0) is 6.07 Å². The number of thioether (sulfide) groups is 2. The van der Waals surface area contributed by atoms with Crippen LogP contribution in [0.25, 0.3) is 0 Å². The van der Waals surface area contributed by atoms with Crippen LogP contribution in [0.1, 0.15) is 10.5 Å². The minimum absolute atomic E-state index is 0.0190. The molecule has 1 aliphatic rings. The zero-order chi connectivity index (χ0) is 17.6. The molecule has 0 radical (unpaired) electrons. The number of aliphatic carboxylic acids is 1. The van der Waals surface area contributed by atoms with Gasteiger partial charge in [-0.2, -0.15) is 16.1 Å². The maximum absolute atomic E-state index is 12.5. The quantitative estimate of drug-likeness (QED) is 0.543. The van der Waals surface area contributed by atoms with Crippen molar-refractivity contribution < 1.29 is 23.1 Å². The molecule has 1 aromatic heterocycles. The fourth-order valence-corrected chi connectivity index (χ4v) is 5.22. The Labute approximate surface area is 148 Å². The van der Waals surface area contributed by atoms with Gasteiger partial charge < -0.3 is 15.4 Å². The first-order chi connectivity index (χ1) is 11.4. The number of aromatic nitrogens is 1. The number of amides is 1. The molecular weight excluding hydrogens is 374 g/mol. The summed E-state index contributed by atoms with van der Waals surface area (Å²) in [5, 5.41) is 11.1. The molecule has 1 aliphatic heterocycles. The highest BCUT2D eigenvalue weighted by Gasteiger charge is 2.27. The first-order valence-corrected chi connectivity index (χ1v) is 11.0. The van der Waals surface area contributed by atoms with Crippen LogP contribution in [0.3, 0.4) is 0 Å². The summed E-state index contributed by atoms with van der Waals surface area (Å²) in [7, 11) is -3.57. The van der Waals surface area contributed by atoms with Crippen molar-refractivity contribution in [3.8, 4) is 0 Å². The van der Waals surface area contributed by atoms with Crippen molar-refractivity contribution in [1.82, 2.24) is 14.6 Å². The number of nitrogens with zero attached hydrogens (tertiary/aromatic N) is 1. The largest absolute Gasteiger partial charge is 0.481 e. The van der Waals surface area contributed by atoms with Crippen LogP contribution in [0.2, 0.25) is 0 Å². The van der Waals surface area contributed by atoms with Gasteiger partial charge in [0.1, 0.15) is 10.6 Å². The number of carboxylic acid groups (broad SMARTS) is 1. The van der Waals surface area contributed by atoms with Crippen LogP contribution in [0, 0.1) is 0 Å². The number of carboxylic acids is 1. The third-order valence-corrected chi connectivity index (χ3v) is 7.03. The molecule has 1 amide bonds. The molecule has 0 bridgehead atoms. The number of aromatic amines is 1. The van der Waals surface area contributed by atoms with Gasteiger partial charge in [-0.3, -0.25) is 9.59 Å². The second-order valence-corrected chi connectivity index (χ2v) is 9.24. The molecule has 3 N–H and O–H groups in total. The van der Waals surface area contributed by atoms with Crippen LogP contribution in [-0.2, 0) is 14.8 Å². The van der Waals surface area contributed by atoms with Gasteiger partial charge >= 0.3 is 5.97 Å². The van der Waals surface area contributed by atoms with Crippen LogP contribution < -0.4 is 5.32 Å². The van der Waals surface area contributed by atoms with Gasteiger partial charge in [0.2, 0.25) is 10.0 Å². The molecule has 8 nitrogen and oxygen atoms in total. The summed E-state index contributed by atoms with van der Waals surface area (Å²) in [6, 6.07) is 1.33. The smallest absolute Gasteiger partial charge is 0.313 e. The Morgan fingerprint density at radius 3 is 2.75 bits per heavy atom. The van der Waals surface area contributed by atoms with E-state index in [9.17, 15) is 18.0 Å². The predicted molar refractivity (Wildman–Crippen MR) is 94.2 cm³/mol. The summed E-state index contributed by atoms with van der Waals surface area (Å²) < 4.78 is 26.4. The average molecular weight is 394 g/mol. The van der Waals surface area contributed by atoms with E-state index in [1.54, 1.807) is 11.8 Å². The molecule has 24 heavy (non-hydrogen) atoms. The first kappa shape index (κ1) is 19.2. The van der Waals surface area contributed by atoms with Gasteiger partial charge in [0, 0.05) is 43.1 Å². The van der Waals surface area contributed by atoms with Gasteiger partial charge in [-0.15, -0.1) is 11.8 Å². The average Bonchev–Trinajstić information content (AvgIpc) is 3.06. The van der Waals surface area contributed by atoms with Gasteiger partial charge in [0.05, 0.1) is 5.75 Å². The molecular formula is C13H19N3O5S3. The van der Waals surface area contributed by atoms with E-state index >= 15 is 0 Å². The lowest BCUT2D eigenvalue weighted by Gasteiger charge is -2.24. The molecule has 1 fully saturated rings. The molecule has 0 aromatic carbocycles. The molecule has 0 saturated carbocycles. The highest BCUT2D eigenvalue weighted by molar-refractivity contribution is 8.00. The Hall–Kier alpha value is -1.17. The molecule has 1 saturated heterocycles. The second-order valence-electron chi connectivity index (χ2n) is 4.97. The number of carbonyl (C=O) groups is 2. The number of H-pyrrole nitrogens is 1. The Bertz CT molecular complexity index is 683.